The van der Waals surface area contributed by atoms with Gasteiger partial charge in [0.2, 0.25) is 5.13 Å². The monoisotopic (exact) mass is 575 g/mol. The standard InChI is InChI=1S/C29H26ClN5O2S2/c1-16-4-6-17(7-5-16)23(37)15-38-28-34-33-27(39-28)35-21-12-29(2,3)13-22(36)25(21)24(20(14-31)26(35)32)18-8-10-19(30)11-9-18/h4-11,24H,12-13,15,32H2,1-3H3. The molecule has 7 nitrogen and oxygen atoms in total. The molecule has 1 unspecified atom stereocenters. The average molecular weight is 576 g/mol. The molecule has 0 saturated heterocycles. The summed E-state index contributed by atoms with van der Waals surface area (Å²) in [6, 6.07) is 16.9. The van der Waals surface area contributed by atoms with Crippen LogP contribution < -0.4 is 10.6 Å². The molecule has 2 aliphatic rings. The summed E-state index contributed by atoms with van der Waals surface area (Å²) < 4.78 is 0.597. The maximum atomic E-state index is 13.6. The zero-order chi connectivity index (χ0) is 27.9. The van der Waals surface area contributed by atoms with E-state index in [1.54, 1.807) is 17.0 Å². The highest BCUT2D eigenvalue weighted by Crippen LogP contribution is 2.50. The molecule has 1 aromatic heterocycles. The summed E-state index contributed by atoms with van der Waals surface area (Å²) in [7, 11) is 0. The van der Waals surface area contributed by atoms with E-state index in [0.717, 1.165) is 16.8 Å². The number of nitriles is 1. The highest BCUT2D eigenvalue weighted by atomic mass is 35.5. The number of halogens is 1. The molecule has 0 saturated carbocycles. The van der Waals surface area contributed by atoms with Gasteiger partial charge in [-0.1, -0.05) is 90.5 Å². The first-order valence-corrected chi connectivity index (χ1v) is 14.5. The third-order valence-electron chi connectivity index (χ3n) is 6.87. The molecule has 2 heterocycles. The molecule has 5 rings (SSSR count). The van der Waals surface area contributed by atoms with E-state index in [0.29, 0.717) is 38.5 Å². The Morgan fingerprint density at radius 2 is 1.87 bits per heavy atom. The van der Waals surface area contributed by atoms with E-state index in [4.69, 9.17) is 17.3 Å². The van der Waals surface area contributed by atoms with Gasteiger partial charge in [-0.25, -0.2) is 0 Å². The summed E-state index contributed by atoms with van der Waals surface area (Å²) in [6.07, 6.45) is 0.937. The predicted octanol–water partition coefficient (Wildman–Crippen LogP) is 6.42. The summed E-state index contributed by atoms with van der Waals surface area (Å²) in [5.41, 5.74) is 10.5. The SMILES string of the molecule is Cc1ccc(C(=O)CSc2nnc(N3C(N)=C(C#N)C(c4ccc(Cl)cc4)C4=C3CC(C)(C)CC4=O)s2)cc1. The van der Waals surface area contributed by atoms with E-state index in [1.165, 1.54) is 23.1 Å². The lowest BCUT2D eigenvalue weighted by atomic mass is 9.69. The number of thioether (sulfide) groups is 1. The van der Waals surface area contributed by atoms with Crippen LogP contribution in [-0.2, 0) is 4.79 Å². The van der Waals surface area contributed by atoms with Gasteiger partial charge in [-0.05, 0) is 36.5 Å². The fourth-order valence-electron chi connectivity index (χ4n) is 5.02. The molecule has 198 valence electrons. The van der Waals surface area contributed by atoms with Gasteiger partial charge < -0.3 is 5.73 Å². The lowest BCUT2D eigenvalue weighted by Crippen LogP contribution is -2.42. The molecule has 1 atom stereocenters. The van der Waals surface area contributed by atoms with E-state index in [9.17, 15) is 14.9 Å². The zero-order valence-corrected chi connectivity index (χ0v) is 24.1. The number of nitrogens with zero attached hydrogens (tertiary/aromatic N) is 4. The molecule has 0 bridgehead atoms. The molecule has 0 fully saturated rings. The summed E-state index contributed by atoms with van der Waals surface area (Å²) in [6.45, 7) is 6.06. The highest BCUT2D eigenvalue weighted by molar-refractivity contribution is 8.01. The molecular weight excluding hydrogens is 550 g/mol. The number of ketones is 2. The molecule has 2 aromatic carbocycles. The second kappa shape index (κ2) is 10.6. The number of allylic oxidation sites excluding steroid dienone is 3. The number of hydrogen-bond acceptors (Lipinski definition) is 9. The van der Waals surface area contributed by atoms with Crippen molar-refractivity contribution < 1.29 is 9.59 Å². The van der Waals surface area contributed by atoms with Gasteiger partial charge in [0, 0.05) is 28.3 Å². The van der Waals surface area contributed by atoms with E-state index < -0.39 is 5.92 Å². The molecule has 39 heavy (non-hydrogen) atoms. The molecule has 0 radical (unpaired) electrons. The highest BCUT2D eigenvalue weighted by Gasteiger charge is 2.45. The Morgan fingerprint density at radius 3 is 2.54 bits per heavy atom. The van der Waals surface area contributed by atoms with Crippen molar-refractivity contribution in [3.05, 3.63) is 92.9 Å². The quantitative estimate of drug-likeness (QED) is 0.265. The van der Waals surface area contributed by atoms with Crippen molar-refractivity contribution >= 4 is 51.4 Å². The summed E-state index contributed by atoms with van der Waals surface area (Å²) >= 11 is 8.70. The third-order valence-corrected chi connectivity index (χ3v) is 9.17. The Balaban J connectivity index is 1.51. The van der Waals surface area contributed by atoms with Crippen LogP contribution in [0.5, 0.6) is 0 Å². The summed E-state index contributed by atoms with van der Waals surface area (Å²) in [5, 5.41) is 19.9. The predicted molar refractivity (Wildman–Crippen MR) is 155 cm³/mol. The molecule has 3 aromatic rings. The van der Waals surface area contributed by atoms with Crippen molar-refractivity contribution in [3.8, 4) is 6.07 Å². The number of aryl methyl sites for hydroxylation is 1. The molecular formula is C29H26ClN5O2S2. The third kappa shape index (κ3) is 5.37. The molecule has 10 heteroatoms. The minimum absolute atomic E-state index is 0.00340. The van der Waals surface area contributed by atoms with Crippen LogP contribution in [0.25, 0.3) is 0 Å². The van der Waals surface area contributed by atoms with Gasteiger partial charge in [-0.2, -0.15) is 5.26 Å². The Labute approximate surface area is 240 Å². The van der Waals surface area contributed by atoms with Gasteiger partial charge in [0.05, 0.1) is 23.3 Å². The second-order valence-corrected chi connectivity index (χ2v) is 13.1. The maximum absolute atomic E-state index is 13.6. The lowest BCUT2D eigenvalue weighted by Gasteiger charge is -2.42. The van der Waals surface area contributed by atoms with E-state index >= 15 is 0 Å². The second-order valence-electron chi connectivity index (χ2n) is 10.5. The van der Waals surface area contributed by atoms with Crippen molar-refractivity contribution in [1.82, 2.24) is 10.2 Å². The van der Waals surface area contributed by atoms with Crippen molar-refractivity contribution in [2.24, 2.45) is 11.1 Å². The van der Waals surface area contributed by atoms with E-state index in [-0.39, 0.29) is 34.1 Å². The molecule has 0 amide bonds. The van der Waals surface area contributed by atoms with E-state index in [2.05, 4.69) is 16.3 Å². The van der Waals surface area contributed by atoms with Crippen LogP contribution in [0, 0.1) is 23.7 Å². The number of rotatable bonds is 6. The maximum Gasteiger partial charge on any atom is 0.219 e. The van der Waals surface area contributed by atoms with Crippen molar-refractivity contribution in [1.29, 1.82) is 5.26 Å². The van der Waals surface area contributed by atoms with Crippen LogP contribution in [0.4, 0.5) is 5.13 Å². The van der Waals surface area contributed by atoms with Crippen molar-refractivity contribution in [3.63, 3.8) is 0 Å². The topological polar surface area (TPSA) is 113 Å². The Morgan fingerprint density at radius 1 is 1.18 bits per heavy atom. The minimum atomic E-state index is -0.587. The van der Waals surface area contributed by atoms with E-state index in [1.807, 2.05) is 57.2 Å². The number of Topliss-reactive ketones (excluding diaryl/α,β-unsaturated/α-hetero) is 2. The molecule has 1 aliphatic carbocycles. The van der Waals surface area contributed by atoms with Crippen molar-refractivity contribution in [2.45, 2.75) is 43.9 Å². The number of aromatic nitrogens is 2. The van der Waals surface area contributed by atoms with Crippen molar-refractivity contribution in [2.75, 3.05) is 10.7 Å². The van der Waals surface area contributed by atoms with Gasteiger partial charge in [-0.15, -0.1) is 10.2 Å². The number of carbonyl (C=O) groups is 2. The molecule has 0 spiro atoms. The Hall–Kier alpha value is -3.45. The van der Waals surface area contributed by atoms with Crippen LogP contribution in [0.1, 0.15) is 54.1 Å². The van der Waals surface area contributed by atoms with Gasteiger partial charge in [0.15, 0.2) is 15.9 Å². The van der Waals surface area contributed by atoms with Crippen LogP contribution in [0.3, 0.4) is 0 Å². The fourth-order valence-corrected chi connectivity index (χ4v) is 6.92. The van der Waals surface area contributed by atoms with Gasteiger partial charge in [0.25, 0.3) is 0 Å². The number of nitrogens with two attached hydrogens (primary N) is 1. The molecule has 1 aliphatic heterocycles. The number of anilines is 1. The zero-order valence-electron chi connectivity index (χ0n) is 21.7. The fraction of sp³-hybridized carbons (Fsp3) is 0.276. The lowest BCUT2D eigenvalue weighted by molar-refractivity contribution is -0.118. The van der Waals surface area contributed by atoms with Gasteiger partial charge in [0.1, 0.15) is 5.82 Å². The Kier molecular flexibility index (Phi) is 7.38. The number of benzene rings is 2. The van der Waals surface area contributed by atoms with Crippen LogP contribution in [0.15, 0.2) is 75.5 Å². The van der Waals surface area contributed by atoms with Crippen LogP contribution >= 0.6 is 34.7 Å². The van der Waals surface area contributed by atoms with Gasteiger partial charge >= 0.3 is 0 Å². The largest absolute Gasteiger partial charge is 0.384 e. The first kappa shape index (κ1) is 27.1. The number of hydrogen-bond donors (Lipinski definition) is 1. The molecule has 2 N–H and O–H groups in total. The summed E-state index contributed by atoms with van der Waals surface area (Å²) in [5.74, 6) is -0.170. The van der Waals surface area contributed by atoms with Crippen LogP contribution in [0.2, 0.25) is 5.02 Å². The van der Waals surface area contributed by atoms with Gasteiger partial charge in [-0.3, -0.25) is 14.5 Å². The first-order valence-electron chi connectivity index (χ1n) is 12.4. The Bertz CT molecular complexity index is 1570. The summed E-state index contributed by atoms with van der Waals surface area (Å²) in [4.78, 5) is 28.0. The average Bonchev–Trinajstić information content (AvgIpc) is 3.35. The smallest absolute Gasteiger partial charge is 0.219 e. The first-order chi connectivity index (χ1) is 18.6. The van der Waals surface area contributed by atoms with Crippen LogP contribution in [-0.4, -0.2) is 27.5 Å². The minimum Gasteiger partial charge on any atom is -0.384 e. The normalized spacial score (nSPS) is 18.7. The number of carbonyl (C=O) groups excluding carboxylic acids is 2.